The average molecular weight is 446 g/mol. The van der Waals surface area contributed by atoms with Crippen LogP contribution in [0.25, 0.3) is 0 Å². The Morgan fingerprint density at radius 3 is 2.57 bits per heavy atom. The maximum atomic E-state index is 11.8. The summed E-state index contributed by atoms with van der Waals surface area (Å²) in [5, 5.41) is 1.08. The molecule has 1 N–H and O–H groups in total. The van der Waals surface area contributed by atoms with Gasteiger partial charge in [-0.3, -0.25) is 18.9 Å². The zero-order valence-corrected chi connectivity index (χ0v) is 18.0. The van der Waals surface area contributed by atoms with Gasteiger partial charge < -0.3 is 9.64 Å². The lowest BCUT2D eigenvalue weighted by Crippen LogP contribution is -2.38. The fraction of sp³-hybridized carbons (Fsp3) is 0.368. The van der Waals surface area contributed by atoms with Crippen molar-refractivity contribution in [2.24, 2.45) is 0 Å². The molecule has 1 fully saturated rings. The zero-order chi connectivity index (χ0) is 20.5. The highest BCUT2D eigenvalue weighted by Gasteiger charge is 2.22. The molecule has 9 heteroatoms. The summed E-state index contributed by atoms with van der Waals surface area (Å²) in [6.07, 6.45) is 7.08. The topological polar surface area (TPSA) is 54.5 Å². The van der Waals surface area contributed by atoms with Crippen LogP contribution in [0.15, 0.2) is 36.7 Å². The maximum absolute atomic E-state index is 11.8. The first-order valence-electron chi connectivity index (χ1n) is 8.59. The van der Waals surface area contributed by atoms with Gasteiger partial charge in [0, 0.05) is 43.9 Å². The lowest BCUT2D eigenvalue weighted by atomic mass is 10.1. The molecule has 1 aliphatic rings. The minimum Gasteiger partial charge on any atom is -0.489 e. The first-order chi connectivity index (χ1) is 13.6. The van der Waals surface area contributed by atoms with Crippen LogP contribution in [0.4, 0.5) is 10.1 Å². The molecule has 28 heavy (non-hydrogen) atoms. The van der Waals surface area contributed by atoms with Crippen LogP contribution in [-0.4, -0.2) is 43.5 Å². The van der Waals surface area contributed by atoms with Crippen molar-refractivity contribution in [3.8, 4) is 5.75 Å². The molecule has 0 atom stereocenters. The van der Waals surface area contributed by atoms with Gasteiger partial charge in [0.25, 0.3) is 5.91 Å². The van der Waals surface area contributed by atoms with E-state index in [2.05, 4.69) is 14.6 Å². The molecule has 0 radical (unpaired) electrons. The molecule has 5 nitrogen and oxygen atoms in total. The number of amides is 1. The highest BCUT2D eigenvalue weighted by atomic mass is 35.5. The SMILES string of the molecule is CF.CSNC(=O)c1ccc(OC2CCN(c3cncc(Cl)c3)CC2)c(Cl)c1. The Kier molecular flexibility index (Phi) is 9.15. The Labute approximate surface area is 178 Å². The quantitative estimate of drug-likeness (QED) is 0.653. The molecule has 2 heterocycles. The summed E-state index contributed by atoms with van der Waals surface area (Å²) in [4.78, 5) is 18.2. The molecule has 1 amide bonds. The standard InChI is InChI=1S/C18H19Cl2N3O2S.CH3F/c1-26-22-18(24)12-2-3-17(16(20)8-12)25-15-4-6-23(7-5-15)14-9-13(19)10-21-11-14;1-2/h2-3,8-11,15H,4-7H2,1H3,(H,22,24);1H3. The highest BCUT2D eigenvalue weighted by Crippen LogP contribution is 2.29. The summed E-state index contributed by atoms with van der Waals surface area (Å²) in [6, 6.07) is 7.03. The van der Waals surface area contributed by atoms with Crippen molar-refractivity contribution in [2.45, 2.75) is 18.9 Å². The van der Waals surface area contributed by atoms with E-state index >= 15 is 0 Å². The fourth-order valence-corrected chi connectivity index (χ4v) is 3.57. The van der Waals surface area contributed by atoms with E-state index in [0.717, 1.165) is 31.6 Å². The first kappa shape index (κ1) is 22.6. The van der Waals surface area contributed by atoms with Crippen molar-refractivity contribution in [3.63, 3.8) is 0 Å². The number of halogens is 3. The van der Waals surface area contributed by atoms with Crippen LogP contribution in [-0.2, 0) is 0 Å². The van der Waals surface area contributed by atoms with E-state index in [1.165, 1.54) is 11.9 Å². The van der Waals surface area contributed by atoms with Gasteiger partial charge in [0.15, 0.2) is 0 Å². The number of nitrogens with zero attached hydrogens (tertiary/aromatic N) is 2. The van der Waals surface area contributed by atoms with Crippen molar-refractivity contribution in [3.05, 3.63) is 52.3 Å². The van der Waals surface area contributed by atoms with Crippen LogP contribution in [0.2, 0.25) is 10.0 Å². The van der Waals surface area contributed by atoms with E-state index in [9.17, 15) is 9.18 Å². The summed E-state index contributed by atoms with van der Waals surface area (Å²) in [5.74, 6) is 0.435. The predicted molar refractivity (Wildman–Crippen MR) is 115 cm³/mol. The monoisotopic (exact) mass is 445 g/mol. The van der Waals surface area contributed by atoms with Gasteiger partial charge in [-0.05, 0) is 24.3 Å². The van der Waals surface area contributed by atoms with Crippen molar-refractivity contribution in [1.29, 1.82) is 0 Å². The number of ether oxygens (including phenoxy) is 1. The minimum absolute atomic E-state index is 0.0850. The van der Waals surface area contributed by atoms with Crippen molar-refractivity contribution < 1.29 is 13.9 Å². The molecule has 0 bridgehead atoms. The number of carbonyl (C=O) groups is 1. The van der Waals surface area contributed by atoms with E-state index in [4.69, 9.17) is 27.9 Å². The molecule has 0 unspecified atom stereocenters. The number of piperidine rings is 1. The molecule has 2 aromatic rings. The molecule has 1 aromatic carbocycles. The minimum atomic E-state index is -0.172. The maximum Gasteiger partial charge on any atom is 0.261 e. The van der Waals surface area contributed by atoms with Crippen LogP contribution in [0, 0.1) is 0 Å². The Hall–Kier alpha value is -1.70. The van der Waals surface area contributed by atoms with E-state index in [1.54, 1.807) is 30.7 Å². The number of benzene rings is 1. The molecular weight excluding hydrogens is 424 g/mol. The summed E-state index contributed by atoms with van der Waals surface area (Å²) in [5.41, 5.74) is 1.54. The number of aromatic nitrogens is 1. The molecule has 0 aliphatic carbocycles. The summed E-state index contributed by atoms with van der Waals surface area (Å²) in [7, 11) is 0.500. The van der Waals surface area contributed by atoms with Crippen LogP contribution in [0.3, 0.4) is 0 Å². The smallest absolute Gasteiger partial charge is 0.261 e. The van der Waals surface area contributed by atoms with E-state index in [1.807, 2.05) is 12.3 Å². The van der Waals surface area contributed by atoms with E-state index in [0.29, 0.717) is 28.5 Å². The molecule has 1 saturated heterocycles. The van der Waals surface area contributed by atoms with Gasteiger partial charge >= 0.3 is 0 Å². The Balaban J connectivity index is 0.00000136. The summed E-state index contributed by atoms with van der Waals surface area (Å²) >= 11 is 13.6. The van der Waals surface area contributed by atoms with Crippen LogP contribution < -0.4 is 14.4 Å². The number of pyridine rings is 1. The number of hydrogen-bond acceptors (Lipinski definition) is 5. The fourth-order valence-electron chi connectivity index (χ4n) is 2.87. The highest BCUT2D eigenvalue weighted by molar-refractivity contribution is 7.97. The van der Waals surface area contributed by atoms with Crippen LogP contribution in [0.5, 0.6) is 5.75 Å². The predicted octanol–water partition coefficient (Wildman–Crippen LogP) is 5.03. The molecule has 1 aliphatic heterocycles. The molecule has 0 saturated carbocycles. The number of nitrogens with one attached hydrogen (secondary N) is 1. The Morgan fingerprint density at radius 1 is 1.25 bits per heavy atom. The van der Waals surface area contributed by atoms with Crippen LogP contribution in [0.1, 0.15) is 23.2 Å². The Bertz CT molecular complexity index is 790. The molecular formula is C19H22Cl2FN3O2S. The van der Waals surface area contributed by atoms with Gasteiger partial charge in [-0.15, -0.1) is 0 Å². The van der Waals surface area contributed by atoms with Gasteiger partial charge in [-0.2, -0.15) is 0 Å². The number of alkyl halides is 1. The third-order valence-electron chi connectivity index (χ3n) is 4.18. The largest absolute Gasteiger partial charge is 0.489 e. The average Bonchev–Trinajstić information content (AvgIpc) is 2.72. The van der Waals surface area contributed by atoms with Gasteiger partial charge in [-0.1, -0.05) is 35.1 Å². The third-order valence-corrected chi connectivity index (χ3v) is 5.07. The molecule has 152 valence electrons. The van der Waals surface area contributed by atoms with Gasteiger partial charge in [-0.25, -0.2) is 0 Å². The lowest BCUT2D eigenvalue weighted by Gasteiger charge is -2.33. The molecule has 3 rings (SSSR count). The zero-order valence-electron chi connectivity index (χ0n) is 15.6. The second kappa shape index (κ2) is 11.3. The molecule has 0 spiro atoms. The van der Waals surface area contributed by atoms with Crippen molar-refractivity contribution in [2.75, 3.05) is 31.4 Å². The summed E-state index contributed by atoms with van der Waals surface area (Å²) in [6.45, 7) is 1.72. The Morgan fingerprint density at radius 2 is 1.96 bits per heavy atom. The number of hydrogen-bond donors (Lipinski definition) is 1. The van der Waals surface area contributed by atoms with Gasteiger partial charge in [0.1, 0.15) is 11.9 Å². The number of carbonyl (C=O) groups excluding carboxylic acids is 1. The van der Waals surface area contributed by atoms with Gasteiger partial charge in [0.2, 0.25) is 0 Å². The number of anilines is 1. The second-order valence-corrected chi connectivity index (χ2v) is 7.40. The number of rotatable bonds is 5. The van der Waals surface area contributed by atoms with E-state index in [-0.39, 0.29) is 12.0 Å². The molecule has 1 aromatic heterocycles. The second-order valence-electron chi connectivity index (χ2n) is 5.95. The third kappa shape index (κ3) is 6.15. The van der Waals surface area contributed by atoms with Crippen LogP contribution >= 0.6 is 35.1 Å². The van der Waals surface area contributed by atoms with Crippen molar-refractivity contribution >= 4 is 46.7 Å². The van der Waals surface area contributed by atoms with Crippen molar-refractivity contribution in [1.82, 2.24) is 9.71 Å². The lowest BCUT2D eigenvalue weighted by molar-refractivity contribution is 0.0984. The first-order valence-corrected chi connectivity index (χ1v) is 10.6. The summed E-state index contributed by atoms with van der Waals surface area (Å²) < 4.78 is 18.2. The van der Waals surface area contributed by atoms with Gasteiger partial charge in [0.05, 0.1) is 29.1 Å². The van der Waals surface area contributed by atoms with E-state index < -0.39 is 0 Å². The normalized spacial score (nSPS) is 14.1.